The van der Waals surface area contributed by atoms with Gasteiger partial charge in [-0.2, -0.15) is 0 Å². The van der Waals surface area contributed by atoms with Gasteiger partial charge in [0.05, 0.1) is 27.3 Å². The first kappa shape index (κ1) is 17.7. The number of benzene rings is 1. The molecule has 0 bridgehead atoms. The monoisotopic (exact) mass is 336 g/mol. The number of anilines is 1. The maximum atomic E-state index is 12.3. The first-order valence-corrected chi connectivity index (χ1v) is 7.66. The van der Waals surface area contributed by atoms with Crippen LogP contribution in [0.5, 0.6) is 5.75 Å². The van der Waals surface area contributed by atoms with Crippen LogP contribution < -0.4 is 20.3 Å². The van der Waals surface area contributed by atoms with E-state index in [0.717, 1.165) is 4.90 Å². The normalized spacial score (nSPS) is 20.0. The van der Waals surface area contributed by atoms with Crippen LogP contribution in [0.25, 0.3) is 0 Å². The minimum atomic E-state index is -0.623. The first-order valence-electron chi connectivity index (χ1n) is 7.66. The Kier molecular flexibility index (Phi) is 6.14. The summed E-state index contributed by atoms with van der Waals surface area (Å²) < 4.78 is 9.74. The minimum Gasteiger partial charge on any atom is -0.497 e. The second kappa shape index (κ2) is 8.30. The summed E-state index contributed by atoms with van der Waals surface area (Å²) in [5.74, 6) is -0.303. The van der Waals surface area contributed by atoms with Gasteiger partial charge in [-0.25, -0.2) is 0 Å². The van der Waals surface area contributed by atoms with Crippen molar-refractivity contribution >= 4 is 23.5 Å². The Morgan fingerprint density at radius 2 is 2.17 bits per heavy atom. The van der Waals surface area contributed by atoms with Crippen molar-refractivity contribution < 1.29 is 28.8 Å². The molecule has 0 radical (unpaired) electrons. The molecular formula is C16H22N3O5+. The highest BCUT2D eigenvalue weighted by atomic mass is 16.5. The molecule has 24 heavy (non-hydrogen) atoms. The second-order valence-electron chi connectivity index (χ2n) is 5.49. The van der Waals surface area contributed by atoms with Crippen LogP contribution in [-0.2, 0) is 19.1 Å². The number of nitrogens with one attached hydrogen (secondary N) is 3. The number of ether oxygens (including phenoxy) is 2. The molecule has 3 N–H and O–H groups in total. The van der Waals surface area contributed by atoms with E-state index in [4.69, 9.17) is 4.74 Å². The number of rotatable bonds is 6. The van der Waals surface area contributed by atoms with Gasteiger partial charge in [-0.05, 0) is 12.1 Å². The number of methoxy groups -OCH3 is 2. The number of quaternary nitrogens is 1. The summed E-state index contributed by atoms with van der Waals surface area (Å²) in [7, 11) is 2.83. The molecular weight excluding hydrogens is 314 g/mol. The van der Waals surface area contributed by atoms with E-state index in [0.29, 0.717) is 24.5 Å². The van der Waals surface area contributed by atoms with Gasteiger partial charge in [0.15, 0.2) is 12.6 Å². The fraction of sp³-hybridized carbons (Fsp3) is 0.438. The van der Waals surface area contributed by atoms with E-state index >= 15 is 0 Å². The van der Waals surface area contributed by atoms with Crippen molar-refractivity contribution in [3.8, 4) is 5.75 Å². The van der Waals surface area contributed by atoms with Crippen LogP contribution >= 0.6 is 0 Å². The van der Waals surface area contributed by atoms with Gasteiger partial charge < -0.3 is 25.0 Å². The van der Waals surface area contributed by atoms with Gasteiger partial charge in [0, 0.05) is 11.8 Å². The molecule has 0 aliphatic carbocycles. The predicted molar refractivity (Wildman–Crippen MR) is 85.8 cm³/mol. The lowest BCUT2D eigenvalue weighted by atomic mass is 10.1. The molecule has 0 saturated carbocycles. The summed E-state index contributed by atoms with van der Waals surface area (Å²) in [6, 6.07) is 6.40. The van der Waals surface area contributed by atoms with Crippen molar-refractivity contribution in [2.45, 2.75) is 12.5 Å². The van der Waals surface area contributed by atoms with Gasteiger partial charge in [0.1, 0.15) is 12.2 Å². The Hall–Kier alpha value is -2.61. The van der Waals surface area contributed by atoms with Crippen LogP contribution in [0.4, 0.5) is 5.69 Å². The average molecular weight is 336 g/mol. The number of amides is 2. The van der Waals surface area contributed by atoms with Crippen molar-refractivity contribution in [1.82, 2.24) is 5.32 Å². The Bertz CT molecular complexity index is 619. The largest absolute Gasteiger partial charge is 0.497 e. The summed E-state index contributed by atoms with van der Waals surface area (Å²) in [5, 5.41) is 5.49. The molecule has 1 unspecified atom stereocenters. The zero-order chi connectivity index (χ0) is 17.5. The van der Waals surface area contributed by atoms with Crippen molar-refractivity contribution in [3.05, 3.63) is 24.3 Å². The average Bonchev–Trinajstić information content (AvgIpc) is 2.57. The first-order chi connectivity index (χ1) is 11.5. The lowest BCUT2D eigenvalue weighted by Gasteiger charge is -2.30. The topological polar surface area (TPSA) is 98.2 Å². The number of hydrogen-bond donors (Lipinski definition) is 3. The van der Waals surface area contributed by atoms with E-state index in [1.165, 1.54) is 7.11 Å². The Labute approximate surface area is 140 Å². The molecule has 8 nitrogen and oxygen atoms in total. The zero-order valence-corrected chi connectivity index (χ0v) is 13.8. The maximum absolute atomic E-state index is 12.3. The molecule has 2 rings (SSSR count). The lowest BCUT2D eigenvalue weighted by Crippen LogP contribution is -3.20. The molecule has 8 heteroatoms. The Morgan fingerprint density at radius 3 is 2.88 bits per heavy atom. The third kappa shape index (κ3) is 4.69. The highest BCUT2D eigenvalue weighted by Crippen LogP contribution is 2.16. The summed E-state index contributed by atoms with van der Waals surface area (Å²) in [4.78, 5) is 36.5. The van der Waals surface area contributed by atoms with E-state index < -0.39 is 12.0 Å². The summed E-state index contributed by atoms with van der Waals surface area (Å²) in [6.45, 7) is 1.13. The third-order valence-corrected chi connectivity index (χ3v) is 3.89. The van der Waals surface area contributed by atoms with Gasteiger partial charge in [-0.1, -0.05) is 6.07 Å². The van der Waals surface area contributed by atoms with E-state index in [9.17, 15) is 14.4 Å². The van der Waals surface area contributed by atoms with Crippen LogP contribution in [0.2, 0.25) is 0 Å². The SMILES string of the molecule is COC(=O)C[C@@H]1C(=O)NCC[NH+]1CC(=O)Nc1cccc(OC)c1. The fourth-order valence-corrected chi connectivity index (χ4v) is 2.64. The minimum absolute atomic E-state index is 0.0515. The second-order valence-corrected chi connectivity index (χ2v) is 5.49. The van der Waals surface area contributed by atoms with E-state index in [1.54, 1.807) is 31.4 Å². The molecule has 1 fully saturated rings. The molecule has 1 aliphatic heterocycles. The van der Waals surface area contributed by atoms with Crippen molar-refractivity contribution in [3.63, 3.8) is 0 Å². The highest BCUT2D eigenvalue weighted by Gasteiger charge is 2.36. The van der Waals surface area contributed by atoms with Crippen LogP contribution in [0.15, 0.2) is 24.3 Å². The van der Waals surface area contributed by atoms with E-state index in [-0.39, 0.29) is 24.8 Å². The summed E-state index contributed by atoms with van der Waals surface area (Å²) in [5.41, 5.74) is 0.615. The van der Waals surface area contributed by atoms with E-state index in [1.807, 2.05) is 0 Å². The third-order valence-electron chi connectivity index (χ3n) is 3.89. The molecule has 1 aliphatic rings. The lowest BCUT2D eigenvalue weighted by molar-refractivity contribution is -0.909. The smallest absolute Gasteiger partial charge is 0.312 e. The maximum Gasteiger partial charge on any atom is 0.312 e. The molecule has 1 saturated heterocycles. The molecule has 130 valence electrons. The molecule has 1 heterocycles. The van der Waals surface area contributed by atoms with E-state index in [2.05, 4.69) is 15.4 Å². The fourth-order valence-electron chi connectivity index (χ4n) is 2.64. The number of carbonyl (C=O) groups excluding carboxylic acids is 3. The standard InChI is InChI=1S/C16H21N3O5/c1-23-12-5-3-4-11(8-12)18-14(20)10-19-7-6-17-16(22)13(19)9-15(21)24-2/h3-5,8,13H,6-7,9-10H2,1-2H3,(H,17,22)(H,18,20)/p+1/t13-/m1/s1. The summed E-state index contributed by atoms with van der Waals surface area (Å²) in [6.07, 6.45) is -0.0515. The number of piperazine rings is 1. The number of carbonyl (C=O) groups is 3. The molecule has 2 atom stereocenters. The van der Waals surface area contributed by atoms with Crippen molar-refractivity contribution in [2.24, 2.45) is 0 Å². The number of hydrogen-bond acceptors (Lipinski definition) is 5. The quantitative estimate of drug-likeness (QED) is 0.554. The van der Waals surface area contributed by atoms with Crippen LogP contribution in [0.3, 0.4) is 0 Å². The number of esters is 1. The molecule has 2 amide bonds. The van der Waals surface area contributed by atoms with Crippen molar-refractivity contribution in [1.29, 1.82) is 0 Å². The molecule has 1 aromatic carbocycles. The van der Waals surface area contributed by atoms with Gasteiger partial charge >= 0.3 is 5.97 Å². The van der Waals surface area contributed by atoms with Gasteiger partial charge in [0.25, 0.3) is 11.8 Å². The van der Waals surface area contributed by atoms with Crippen molar-refractivity contribution in [2.75, 3.05) is 39.2 Å². The zero-order valence-electron chi connectivity index (χ0n) is 13.8. The molecule has 0 spiro atoms. The Balaban J connectivity index is 1.99. The van der Waals surface area contributed by atoms with Crippen LogP contribution in [0, 0.1) is 0 Å². The molecule has 1 aromatic rings. The highest BCUT2D eigenvalue weighted by molar-refractivity contribution is 5.92. The predicted octanol–water partition coefficient (Wildman–Crippen LogP) is -1.42. The van der Waals surface area contributed by atoms with Gasteiger partial charge in [-0.3, -0.25) is 14.4 Å². The Morgan fingerprint density at radius 1 is 1.38 bits per heavy atom. The van der Waals surface area contributed by atoms with Gasteiger partial charge in [-0.15, -0.1) is 0 Å². The van der Waals surface area contributed by atoms with Gasteiger partial charge in [0.2, 0.25) is 0 Å². The molecule has 0 aromatic heterocycles. The summed E-state index contributed by atoms with van der Waals surface area (Å²) >= 11 is 0. The van der Waals surface area contributed by atoms with Crippen LogP contribution in [0.1, 0.15) is 6.42 Å². The van der Waals surface area contributed by atoms with Crippen LogP contribution in [-0.4, -0.2) is 57.7 Å².